The molecule has 0 bridgehead atoms. The number of hydrogen-bond donors (Lipinski definition) is 2. The van der Waals surface area contributed by atoms with Crippen molar-refractivity contribution in [1.29, 1.82) is 0 Å². The lowest BCUT2D eigenvalue weighted by Gasteiger charge is -2.39. The van der Waals surface area contributed by atoms with E-state index in [9.17, 15) is 17.2 Å². The van der Waals surface area contributed by atoms with Crippen molar-refractivity contribution in [2.75, 3.05) is 18.0 Å². The molecule has 0 radical (unpaired) electrons. The van der Waals surface area contributed by atoms with Crippen LogP contribution in [-0.2, 0) is 10.0 Å². The van der Waals surface area contributed by atoms with Gasteiger partial charge in [0.2, 0.25) is 10.0 Å². The number of piperazine rings is 1. The first-order valence-corrected chi connectivity index (χ1v) is 13.7. The molecule has 2 aromatic heterocycles. The predicted octanol–water partition coefficient (Wildman–Crippen LogP) is 3.41. The Kier molecular flexibility index (Phi) is 6.01. The Morgan fingerprint density at radius 2 is 1.97 bits per heavy atom. The highest BCUT2D eigenvalue weighted by atomic mass is 32.2. The van der Waals surface area contributed by atoms with Crippen molar-refractivity contribution in [3.63, 3.8) is 0 Å². The minimum Gasteiger partial charge on any atom is -0.364 e. The van der Waals surface area contributed by atoms with Crippen LogP contribution in [0.15, 0.2) is 17.0 Å². The number of benzene rings is 1. The Morgan fingerprint density at radius 3 is 2.63 bits per heavy atom. The zero-order chi connectivity index (χ0) is 25.1. The van der Waals surface area contributed by atoms with E-state index in [-0.39, 0.29) is 22.0 Å². The van der Waals surface area contributed by atoms with Crippen LogP contribution in [0.1, 0.15) is 50.9 Å². The Labute approximate surface area is 206 Å². The third-order valence-corrected chi connectivity index (χ3v) is 9.02. The van der Waals surface area contributed by atoms with Gasteiger partial charge in [0, 0.05) is 36.1 Å². The lowest BCUT2D eigenvalue weighted by Crippen LogP contribution is -2.54. The van der Waals surface area contributed by atoms with Crippen LogP contribution in [0.4, 0.5) is 14.5 Å². The molecule has 1 aromatic carbocycles. The van der Waals surface area contributed by atoms with Gasteiger partial charge in [-0.1, -0.05) is 11.3 Å². The minimum atomic E-state index is -3.86. The van der Waals surface area contributed by atoms with Gasteiger partial charge in [-0.2, -0.15) is 0 Å². The molecule has 2 N–H and O–H groups in total. The van der Waals surface area contributed by atoms with E-state index in [0.717, 1.165) is 30.7 Å². The molecular formula is C22H27F2N7O2S2. The van der Waals surface area contributed by atoms with Crippen molar-refractivity contribution in [1.82, 2.24) is 30.2 Å². The maximum Gasteiger partial charge on any atom is 0.291 e. The molecule has 5 rings (SSSR count). The molecule has 0 spiro atoms. The highest BCUT2D eigenvalue weighted by Gasteiger charge is 2.41. The molecular weight excluding hydrogens is 496 g/mol. The van der Waals surface area contributed by atoms with Crippen LogP contribution >= 0.6 is 11.3 Å². The summed E-state index contributed by atoms with van der Waals surface area (Å²) in [7, 11) is -3.86. The molecule has 0 amide bonds. The average Bonchev–Trinajstić information content (AvgIpc) is 3.30. The molecule has 9 nitrogen and oxygen atoms in total. The van der Waals surface area contributed by atoms with Crippen LogP contribution in [0.5, 0.6) is 0 Å². The molecule has 3 aromatic rings. The second-order valence-corrected chi connectivity index (χ2v) is 12.4. The second kappa shape index (κ2) is 8.64. The number of alkyl halides is 2. The number of hydrogen-bond acceptors (Lipinski definition) is 9. The van der Waals surface area contributed by atoms with Crippen LogP contribution in [0.3, 0.4) is 0 Å². The Bertz CT molecular complexity index is 1390. The highest BCUT2D eigenvalue weighted by molar-refractivity contribution is 7.89. The Balaban J connectivity index is 1.76. The standard InChI is InChI=1S/C22H27F2N7O2S2/c1-11-10-31(12(2)9-25-11)16-8-14(35(32,33)30-22(4)5-6-22)7-15-17(16)26-13(3)27-18(15)20-28-29-21(34-20)19(23)24/h7-8,11-12,19,25,30H,5-6,9-10H2,1-4H3/t11-,12-/m0/s1. The number of aromatic nitrogens is 4. The van der Waals surface area contributed by atoms with E-state index in [4.69, 9.17) is 0 Å². The van der Waals surface area contributed by atoms with Crippen molar-refractivity contribution in [3.05, 3.63) is 23.0 Å². The maximum atomic E-state index is 13.4. The number of fused-ring (bicyclic) bond motifs is 1. The molecule has 1 aliphatic carbocycles. The van der Waals surface area contributed by atoms with Gasteiger partial charge < -0.3 is 10.2 Å². The first kappa shape index (κ1) is 24.3. The van der Waals surface area contributed by atoms with Crippen LogP contribution in [0.2, 0.25) is 0 Å². The number of rotatable bonds is 6. The van der Waals surface area contributed by atoms with Gasteiger partial charge >= 0.3 is 0 Å². The first-order chi connectivity index (χ1) is 16.5. The summed E-state index contributed by atoms with van der Waals surface area (Å²) in [5.41, 5.74) is 1.06. The van der Waals surface area contributed by atoms with Crippen molar-refractivity contribution >= 4 is 38.0 Å². The Morgan fingerprint density at radius 1 is 1.23 bits per heavy atom. The van der Waals surface area contributed by atoms with Gasteiger partial charge in [0.15, 0.2) is 10.0 Å². The predicted molar refractivity (Wildman–Crippen MR) is 130 cm³/mol. The van der Waals surface area contributed by atoms with E-state index in [1.807, 2.05) is 6.92 Å². The zero-order valence-electron chi connectivity index (χ0n) is 19.8. The summed E-state index contributed by atoms with van der Waals surface area (Å²) in [4.78, 5) is 11.4. The zero-order valence-corrected chi connectivity index (χ0v) is 21.5. The van der Waals surface area contributed by atoms with E-state index in [1.54, 1.807) is 13.0 Å². The lowest BCUT2D eigenvalue weighted by atomic mass is 10.1. The Hall–Kier alpha value is -2.35. The SMILES string of the molecule is Cc1nc(-c2nnc(C(F)F)s2)c2cc(S(=O)(=O)NC3(C)CC3)cc(N3C[C@H](C)NC[C@@H]3C)c2n1. The van der Waals surface area contributed by atoms with E-state index in [0.29, 0.717) is 34.7 Å². The topological polar surface area (TPSA) is 113 Å². The van der Waals surface area contributed by atoms with Crippen LogP contribution in [0.25, 0.3) is 21.6 Å². The number of halogens is 2. The molecule has 2 aliphatic rings. The van der Waals surface area contributed by atoms with Gasteiger partial charge in [0.1, 0.15) is 11.5 Å². The summed E-state index contributed by atoms with van der Waals surface area (Å²) in [6.07, 6.45) is -1.21. The monoisotopic (exact) mass is 523 g/mol. The number of aryl methyl sites for hydroxylation is 1. The third-order valence-electron chi connectivity index (χ3n) is 6.46. The van der Waals surface area contributed by atoms with Gasteiger partial charge in [0.25, 0.3) is 6.43 Å². The van der Waals surface area contributed by atoms with Gasteiger partial charge in [-0.3, -0.25) is 0 Å². The van der Waals surface area contributed by atoms with Gasteiger partial charge in [-0.15, -0.1) is 10.2 Å². The normalized spacial score (nSPS) is 22.2. The third kappa shape index (κ3) is 4.74. The van der Waals surface area contributed by atoms with Gasteiger partial charge in [0.05, 0.1) is 16.1 Å². The molecule has 1 saturated heterocycles. The van der Waals surface area contributed by atoms with Crippen molar-refractivity contribution in [2.45, 2.75) is 69.5 Å². The minimum absolute atomic E-state index is 0.0759. The molecule has 2 atom stereocenters. The summed E-state index contributed by atoms with van der Waals surface area (Å²) in [5.74, 6) is 0.428. The van der Waals surface area contributed by atoms with E-state index in [2.05, 4.69) is 49.0 Å². The summed E-state index contributed by atoms with van der Waals surface area (Å²) in [5, 5.41) is 11.2. The van der Waals surface area contributed by atoms with E-state index < -0.39 is 27.0 Å². The van der Waals surface area contributed by atoms with Crippen LogP contribution < -0.4 is 14.9 Å². The number of sulfonamides is 1. The fraction of sp³-hybridized carbons (Fsp3) is 0.545. The molecule has 13 heteroatoms. The highest BCUT2D eigenvalue weighted by Crippen LogP contribution is 2.40. The molecule has 1 saturated carbocycles. The smallest absolute Gasteiger partial charge is 0.291 e. The van der Waals surface area contributed by atoms with Gasteiger partial charge in [-0.05, 0) is 52.7 Å². The first-order valence-electron chi connectivity index (χ1n) is 11.4. The summed E-state index contributed by atoms with van der Waals surface area (Å²) < 4.78 is 56.1. The number of nitrogens with zero attached hydrogens (tertiary/aromatic N) is 5. The number of anilines is 1. The van der Waals surface area contributed by atoms with Crippen molar-refractivity contribution in [3.8, 4) is 10.7 Å². The fourth-order valence-corrected chi connectivity index (χ4v) is 6.50. The second-order valence-electron chi connectivity index (χ2n) is 9.68. The summed E-state index contributed by atoms with van der Waals surface area (Å²) in [6.45, 7) is 9.09. The molecule has 1 aliphatic heterocycles. The largest absolute Gasteiger partial charge is 0.364 e. The average molecular weight is 524 g/mol. The molecule has 0 unspecified atom stereocenters. The summed E-state index contributed by atoms with van der Waals surface area (Å²) >= 11 is 0.742. The van der Waals surface area contributed by atoms with E-state index >= 15 is 0 Å². The van der Waals surface area contributed by atoms with Crippen LogP contribution in [-0.4, -0.2) is 59.3 Å². The van der Waals surface area contributed by atoms with Crippen molar-refractivity contribution < 1.29 is 17.2 Å². The van der Waals surface area contributed by atoms with Crippen LogP contribution in [0, 0.1) is 6.92 Å². The molecule has 3 heterocycles. The lowest BCUT2D eigenvalue weighted by molar-refractivity contribution is 0.150. The molecule has 188 valence electrons. The quantitative estimate of drug-likeness (QED) is 0.506. The summed E-state index contributed by atoms with van der Waals surface area (Å²) in [6, 6.07) is 3.43. The fourth-order valence-electron chi connectivity index (χ4n) is 4.29. The van der Waals surface area contributed by atoms with E-state index in [1.165, 1.54) is 6.07 Å². The molecule has 35 heavy (non-hydrogen) atoms. The van der Waals surface area contributed by atoms with Gasteiger partial charge in [-0.25, -0.2) is 31.9 Å². The molecule has 2 fully saturated rings. The maximum absolute atomic E-state index is 13.4. The van der Waals surface area contributed by atoms with Crippen molar-refractivity contribution in [2.24, 2.45) is 0 Å². The number of nitrogens with one attached hydrogen (secondary N) is 2.